The number of ether oxygens (including phenoxy) is 1. The fraction of sp³-hybridized carbons (Fsp3) is 0.455. The van der Waals surface area contributed by atoms with Gasteiger partial charge in [-0.1, -0.05) is 28.1 Å². The van der Waals surface area contributed by atoms with Crippen LogP contribution in [0.25, 0.3) is 0 Å². The first kappa shape index (κ1) is 15.6. The summed E-state index contributed by atoms with van der Waals surface area (Å²) in [6, 6.07) is 7.53. The molecule has 0 radical (unpaired) electrons. The highest BCUT2D eigenvalue weighted by atomic mass is 79.9. The van der Waals surface area contributed by atoms with Crippen molar-refractivity contribution in [3.63, 3.8) is 0 Å². The smallest absolute Gasteiger partial charge is 0.279 e. The second-order valence-electron chi connectivity index (χ2n) is 3.77. The number of nitrogens with one attached hydrogen (secondary N) is 1. The molecule has 0 saturated carbocycles. The van der Waals surface area contributed by atoms with Gasteiger partial charge in [-0.2, -0.15) is 17.4 Å². The van der Waals surface area contributed by atoms with Crippen LogP contribution < -0.4 is 4.72 Å². The minimum Gasteiger partial charge on any atom is -0.383 e. The molecule has 1 aromatic rings. The quantitative estimate of drug-likeness (QED) is 0.765. The monoisotopic (exact) mass is 336 g/mol. The molecule has 0 saturated heterocycles. The molecule has 0 heterocycles. The van der Waals surface area contributed by atoms with Gasteiger partial charge in [-0.15, -0.1) is 0 Å². The van der Waals surface area contributed by atoms with E-state index in [9.17, 15) is 8.42 Å². The molecular formula is C11H17BrN2O3S. The van der Waals surface area contributed by atoms with Crippen molar-refractivity contribution in [3.05, 3.63) is 34.3 Å². The summed E-state index contributed by atoms with van der Waals surface area (Å²) < 4.78 is 33.1. The zero-order valence-corrected chi connectivity index (χ0v) is 12.8. The van der Waals surface area contributed by atoms with E-state index in [1.54, 1.807) is 0 Å². The first-order valence-corrected chi connectivity index (χ1v) is 7.63. The van der Waals surface area contributed by atoms with Crippen molar-refractivity contribution in [2.75, 3.05) is 27.3 Å². The molecule has 1 rings (SSSR count). The Kier molecular flexibility index (Phi) is 6.24. The van der Waals surface area contributed by atoms with Crippen LogP contribution in [-0.4, -0.2) is 40.0 Å². The van der Waals surface area contributed by atoms with Crippen LogP contribution in [0.15, 0.2) is 28.7 Å². The predicted octanol–water partition coefficient (Wildman–Crippen LogP) is 1.36. The average Bonchev–Trinajstić information content (AvgIpc) is 2.32. The van der Waals surface area contributed by atoms with Gasteiger partial charge in [-0.3, -0.25) is 0 Å². The maximum atomic E-state index is 11.8. The molecule has 0 spiro atoms. The van der Waals surface area contributed by atoms with Crippen molar-refractivity contribution in [1.29, 1.82) is 0 Å². The Labute approximate surface area is 116 Å². The molecule has 0 amide bonds. The third-order valence-corrected chi connectivity index (χ3v) is 4.37. The highest BCUT2D eigenvalue weighted by Crippen LogP contribution is 2.12. The van der Waals surface area contributed by atoms with Crippen LogP contribution in [0.3, 0.4) is 0 Å². The van der Waals surface area contributed by atoms with Crippen molar-refractivity contribution in [2.45, 2.75) is 6.54 Å². The molecule has 7 heteroatoms. The van der Waals surface area contributed by atoms with Gasteiger partial charge in [-0.25, -0.2) is 0 Å². The summed E-state index contributed by atoms with van der Waals surface area (Å²) in [5.74, 6) is 0. The fourth-order valence-corrected chi connectivity index (χ4v) is 2.46. The largest absolute Gasteiger partial charge is 0.383 e. The van der Waals surface area contributed by atoms with Gasteiger partial charge in [0.25, 0.3) is 10.2 Å². The number of rotatable bonds is 7. The minimum absolute atomic E-state index is 0.267. The summed E-state index contributed by atoms with van der Waals surface area (Å²) in [7, 11) is -0.383. The second-order valence-corrected chi connectivity index (χ2v) is 6.55. The number of hydrogen-bond acceptors (Lipinski definition) is 3. The lowest BCUT2D eigenvalue weighted by Gasteiger charge is -2.17. The number of halogens is 1. The van der Waals surface area contributed by atoms with Crippen LogP contribution in [0.1, 0.15) is 5.56 Å². The van der Waals surface area contributed by atoms with E-state index in [-0.39, 0.29) is 6.54 Å². The van der Waals surface area contributed by atoms with E-state index in [1.165, 1.54) is 18.5 Å². The standard InChI is InChI=1S/C11H17BrN2O3S/c1-14(18(15,16)13-7-8-17-2)9-10-3-5-11(12)6-4-10/h3-6,13H,7-9H2,1-2H3. The Morgan fingerprint density at radius 2 is 1.94 bits per heavy atom. The third kappa shape index (κ3) is 5.03. The van der Waals surface area contributed by atoms with E-state index in [2.05, 4.69) is 20.7 Å². The SMILES string of the molecule is COCCNS(=O)(=O)N(C)Cc1ccc(Br)cc1. The van der Waals surface area contributed by atoms with E-state index >= 15 is 0 Å². The molecule has 0 aliphatic carbocycles. The Bertz CT molecular complexity index is 462. The highest BCUT2D eigenvalue weighted by Gasteiger charge is 2.16. The van der Waals surface area contributed by atoms with Crippen LogP contribution in [0.4, 0.5) is 0 Å². The summed E-state index contributed by atoms with van der Waals surface area (Å²) >= 11 is 3.34. The van der Waals surface area contributed by atoms with Crippen LogP contribution in [0.2, 0.25) is 0 Å². The molecular weight excluding hydrogens is 320 g/mol. The number of benzene rings is 1. The van der Waals surface area contributed by atoms with Gasteiger partial charge in [0.05, 0.1) is 6.61 Å². The Hall–Kier alpha value is -0.470. The first-order valence-electron chi connectivity index (χ1n) is 5.40. The molecule has 0 aliphatic rings. The normalized spacial score (nSPS) is 12.0. The second kappa shape index (κ2) is 7.20. The third-order valence-electron chi connectivity index (χ3n) is 2.32. The fourth-order valence-electron chi connectivity index (χ4n) is 1.31. The number of hydrogen-bond donors (Lipinski definition) is 1. The average molecular weight is 337 g/mol. The summed E-state index contributed by atoms with van der Waals surface area (Å²) in [6.07, 6.45) is 0. The van der Waals surface area contributed by atoms with E-state index < -0.39 is 10.2 Å². The van der Waals surface area contributed by atoms with E-state index in [1.807, 2.05) is 24.3 Å². The summed E-state index contributed by atoms with van der Waals surface area (Å²) in [6.45, 7) is 0.949. The molecule has 1 aromatic carbocycles. The summed E-state index contributed by atoms with van der Waals surface area (Å²) in [4.78, 5) is 0. The summed E-state index contributed by atoms with van der Waals surface area (Å²) in [5, 5.41) is 0. The zero-order valence-electron chi connectivity index (χ0n) is 10.4. The van der Waals surface area contributed by atoms with E-state index in [0.717, 1.165) is 10.0 Å². The Morgan fingerprint density at radius 1 is 1.33 bits per heavy atom. The van der Waals surface area contributed by atoms with Gasteiger partial charge < -0.3 is 4.74 Å². The van der Waals surface area contributed by atoms with Gasteiger partial charge in [0.15, 0.2) is 0 Å². The molecule has 0 unspecified atom stereocenters. The van der Waals surface area contributed by atoms with Crippen LogP contribution in [0, 0.1) is 0 Å². The van der Waals surface area contributed by atoms with Gasteiger partial charge >= 0.3 is 0 Å². The highest BCUT2D eigenvalue weighted by molar-refractivity contribution is 9.10. The molecule has 0 atom stereocenters. The Morgan fingerprint density at radius 3 is 2.50 bits per heavy atom. The van der Waals surface area contributed by atoms with Crippen molar-refractivity contribution >= 4 is 26.1 Å². The molecule has 0 bridgehead atoms. The maximum absolute atomic E-state index is 11.8. The molecule has 0 aromatic heterocycles. The zero-order chi connectivity index (χ0) is 13.6. The lowest BCUT2D eigenvalue weighted by Crippen LogP contribution is -2.39. The van der Waals surface area contributed by atoms with Crippen LogP contribution >= 0.6 is 15.9 Å². The molecule has 1 N–H and O–H groups in total. The number of nitrogens with zero attached hydrogens (tertiary/aromatic N) is 1. The van der Waals surface area contributed by atoms with Crippen molar-refractivity contribution in [3.8, 4) is 0 Å². The molecule has 0 fully saturated rings. The lowest BCUT2D eigenvalue weighted by atomic mass is 10.2. The minimum atomic E-state index is -3.45. The van der Waals surface area contributed by atoms with Crippen molar-refractivity contribution in [2.24, 2.45) is 0 Å². The van der Waals surface area contributed by atoms with Crippen LogP contribution in [-0.2, 0) is 21.5 Å². The molecule has 102 valence electrons. The lowest BCUT2D eigenvalue weighted by molar-refractivity contribution is 0.204. The predicted molar refractivity (Wildman–Crippen MR) is 74.4 cm³/mol. The van der Waals surface area contributed by atoms with Gasteiger partial charge in [0.1, 0.15) is 0 Å². The van der Waals surface area contributed by atoms with Gasteiger partial charge in [0, 0.05) is 31.7 Å². The molecule has 18 heavy (non-hydrogen) atoms. The van der Waals surface area contributed by atoms with E-state index in [4.69, 9.17) is 4.74 Å². The molecule has 0 aliphatic heterocycles. The van der Waals surface area contributed by atoms with Gasteiger partial charge in [-0.05, 0) is 17.7 Å². The summed E-state index contributed by atoms with van der Waals surface area (Å²) in [5.41, 5.74) is 0.929. The topological polar surface area (TPSA) is 58.6 Å². The van der Waals surface area contributed by atoms with Crippen molar-refractivity contribution < 1.29 is 13.2 Å². The van der Waals surface area contributed by atoms with E-state index in [0.29, 0.717) is 13.2 Å². The van der Waals surface area contributed by atoms with Crippen LogP contribution in [0.5, 0.6) is 0 Å². The molecule has 5 nitrogen and oxygen atoms in total. The van der Waals surface area contributed by atoms with Gasteiger partial charge in [0.2, 0.25) is 0 Å². The Balaban J connectivity index is 2.58. The maximum Gasteiger partial charge on any atom is 0.279 e. The van der Waals surface area contributed by atoms with Crippen molar-refractivity contribution in [1.82, 2.24) is 9.03 Å². The first-order chi connectivity index (χ1) is 8.45. The number of methoxy groups -OCH3 is 1.